The largest absolute Gasteiger partial charge is 0.497 e. The van der Waals surface area contributed by atoms with Gasteiger partial charge in [-0.05, 0) is 29.8 Å². The molecule has 0 atom stereocenters. The van der Waals surface area contributed by atoms with Crippen LogP contribution in [0.3, 0.4) is 0 Å². The quantitative estimate of drug-likeness (QED) is 0.446. The third-order valence-corrected chi connectivity index (χ3v) is 4.76. The summed E-state index contributed by atoms with van der Waals surface area (Å²) in [5, 5.41) is 5.44. The maximum Gasteiger partial charge on any atom is 0.340 e. The van der Waals surface area contributed by atoms with Crippen LogP contribution in [0.5, 0.6) is 5.75 Å². The van der Waals surface area contributed by atoms with E-state index < -0.39 is 11.8 Å². The topological polar surface area (TPSA) is 79.1 Å². The van der Waals surface area contributed by atoms with Crippen LogP contribution in [0.1, 0.15) is 16.2 Å². The molecule has 4 rings (SSSR count). The Labute approximate surface area is 176 Å². The van der Waals surface area contributed by atoms with Crippen LogP contribution in [-0.4, -0.2) is 39.9 Å². The molecule has 0 N–H and O–H groups in total. The van der Waals surface area contributed by atoms with E-state index >= 15 is 0 Å². The third-order valence-electron chi connectivity index (χ3n) is 4.54. The van der Waals surface area contributed by atoms with E-state index in [0.29, 0.717) is 44.2 Å². The number of rotatable bonds is 5. The van der Waals surface area contributed by atoms with Crippen LogP contribution < -0.4 is 4.74 Å². The number of carbonyl (C=O) groups excluding carboxylic acids is 1. The second kappa shape index (κ2) is 8.08. The van der Waals surface area contributed by atoms with Gasteiger partial charge in [0.2, 0.25) is 0 Å². The van der Waals surface area contributed by atoms with Gasteiger partial charge in [-0.3, -0.25) is 4.68 Å². The van der Waals surface area contributed by atoms with Crippen molar-refractivity contribution < 1.29 is 18.7 Å². The zero-order valence-corrected chi connectivity index (χ0v) is 16.9. The van der Waals surface area contributed by atoms with Gasteiger partial charge in [0, 0.05) is 34.4 Å². The van der Waals surface area contributed by atoms with E-state index in [4.69, 9.17) is 21.1 Å². The summed E-state index contributed by atoms with van der Waals surface area (Å²) >= 11 is 6.10. The summed E-state index contributed by atoms with van der Waals surface area (Å²) in [6, 6.07) is 7.64. The highest BCUT2D eigenvalue weighted by molar-refractivity contribution is 6.32. The fourth-order valence-corrected chi connectivity index (χ4v) is 3.38. The second-order valence-electron chi connectivity index (χ2n) is 6.45. The number of halogens is 2. The molecule has 0 amide bonds. The monoisotopic (exact) mass is 426 g/mol. The highest BCUT2D eigenvalue weighted by Crippen LogP contribution is 2.26. The maximum atomic E-state index is 13.8. The summed E-state index contributed by atoms with van der Waals surface area (Å²) in [7, 11) is 2.78. The van der Waals surface area contributed by atoms with Gasteiger partial charge in [-0.25, -0.2) is 19.2 Å². The Hall–Kier alpha value is -3.52. The van der Waals surface area contributed by atoms with E-state index in [0.717, 1.165) is 0 Å². The average molecular weight is 427 g/mol. The lowest BCUT2D eigenvalue weighted by Gasteiger charge is -2.08. The van der Waals surface area contributed by atoms with Gasteiger partial charge in [-0.2, -0.15) is 5.10 Å². The molecule has 0 fully saturated rings. The molecule has 0 aliphatic rings. The van der Waals surface area contributed by atoms with Gasteiger partial charge in [-0.1, -0.05) is 11.6 Å². The van der Waals surface area contributed by atoms with Crippen molar-refractivity contribution in [1.82, 2.24) is 19.7 Å². The van der Waals surface area contributed by atoms with Gasteiger partial charge < -0.3 is 9.47 Å². The first-order chi connectivity index (χ1) is 14.5. The predicted molar refractivity (Wildman–Crippen MR) is 109 cm³/mol. The summed E-state index contributed by atoms with van der Waals surface area (Å²) in [5.74, 6) is -0.0463. The number of hydrogen-bond donors (Lipinski definition) is 0. The molecular formula is C21H16ClFN4O3. The van der Waals surface area contributed by atoms with Gasteiger partial charge >= 0.3 is 5.97 Å². The van der Waals surface area contributed by atoms with Crippen LogP contribution >= 0.6 is 11.6 Å². The zero-order chi connectivity index (χ0) is 21.3. The first kappa shape index (κ1) is 19.8. The number of methoxy groups -OCH3 is 2. The molecule has 7 nitrogen and oxygen atoms in total. The highest BCUT2D eigenvalue weighted by Gasteiger charge is 2.17. The third kappa shape index (κ3) is 3.81. The molecule has 0 radical (unpaired) electrons. The SMILES string of the molecule is COC(=O)c1cc(Cl)cc2cnn(Cc3ncc(-c4cc(F)cc(OC)c4)cn3)c12. The Morgan fingerprint density at radius 2 is 1.83 bits per heavy atom. The van der Waals surface area contributed by atoms with E-state index in [9.17, 15) is 9.18 Å². The van der Waals surface area contributed by atoms with E-state index in [1.54, 1.807) is 35.4 Å². The molecule has 0 saturated heterocycles. The molecular weight excluding hydrogens is 411 g/mol. The Morgan fingerprint density at radius 1 is 1.07 bits per heavy atom. The van der Waals surface area contributed by atoms with E-state index in [-0.39, 0.29) is 6.54 Å². The molecule has 30 heavy (non-hydrogen) atoms. The lowest BCUT2D eigenvalue weighted by atomic mass is 10.1. The minimum absolute atomic E-state index is 0.224. The lowest BCUT2D eigenvalue weighted by Crippen LogP contribution is -2.10. The first-order valence-electron chi connectivity index (χ1n) is 8.87. The molecule has 9 heteroatoms. The zero-order valence-electron chi connectivity index (χ0n) is 16.1. The van der Waals surface area contributed by atoms with Crippen LogP contribution in [0.25, 0.3) is 22.0 Å². The van der Waals surface area contributed by atoms with Crippen molar-refractivity contribution in [1.29, 1.82) is 0 Å². The average Bonchev–Trinajstić information content (AvgIpc) is 3.14. The highest BCUT2D eigenvalue weighted by atomic mass is 35.5. The van der Waals surface area contributed by atoms with Gasteiger partial charge in [0.15, 0.2) is 0 Å². The number of ether oxygens (including phenoxy) is 2. The molecule has 0 unspecified atom stereocenters. The number of nitrogens with zero attached hydrogens (tertiary/aromatic N) is 4. The Morgan fingerprint density at radius 3 is 2.53 bits per heavy atom. The molecule has 0 aliphatic heterocycles. The van der Waals surface area contributed by atoms with Gasteiger partial charge in [0.25, 0.3) is 0 Å². The van der Waals surface area contributed by atoms with Gasteiger partial charge in [-0.15, -0.1) is 0 Å². The normalized spacial score (nSPS) is 10.9. The van der Waals surface area contributed by atoms with Crippen LogP contribution in [-0.2, 0) is 11.3 Å². The minimum Gasteiger partial charge on any atom is -0.497 e. The van der Waals surface area contributed by atoms with Crippen molar-refractivity contribution >= 4 is 28.5 Å². The summed E-state index contributed by atoms with van der Waals surface area (Å²) in [5.41, 5.74) is 2.13. The van der Waals surface area contributed by atoms with Crippen molar-refractivity contribution in [3.8, 4) is 16.9 Å². The summed E-state index contributed by atoms with van der Waals surface area (Å²) in [4.78, 5) is 20.9. The number of esters is 1. The molecule has 152 valence electrons. The summed E-state index contributed by atoms with van der Waals surface area (Å²) in [6.07, 6.45) is 4.81. The number of fused-ring (bicyclic) bond motifs is 1. The molecule has 2 heterocycles. The molecule has 0 bridgehead atoms. The molecule has 0 spiro atoms. The van der Waals surface area contributed by atoms with Crippen LogP contribution in [0.15, 0.2) is 48.9 Å². The molecule has 0 aliphatic carbocycles. The van der Waals surface area contributed by atoms with Crippen molar-refractivity contribution in [3.05, 3.63) is 71.2 Å². The maximum absolute atomic E-state index is 13.8. The summed E-state index contributed by atoms with van der Waals surface area (Å²) < 4.78 is 25.3. The molecule has 2 aromatic heterocycles. The number of benzene rings is 2. The van der Waals surface area contributed by atoms with Crippen molar-refractivity contribution in [3.63, 3.8) is 0 Å². The predicted octanol–water partition coefficient (Wildman–Crippen LogP) is 4.13. The summed E-state index contributed by atoms with van der Waals surface area (Å²) in [6.45, 7) is 0.224. The van der Waals surface area contributed by atoms with Crippen LogP contribution in [0.4, 0.5) is 4.39 Å². The van der Waals surface area contributed by atoms with Crippen molar-refractivity contribution in [2.45, 2.75) is 6.54 Å². The fourth-order valence-electron chi connectivity index (χ4n) is 3.15. The minimum atomic E-state index is -0.513. The smallest absolute Gasteiger partial charge is 0.340 e. The van der Waals surface area contributed by atoms with E-state index in [1.807, 2.05) is 0 Å². The van der Waals surface area contributed by atoms with Crippen LogP contribution in [0.2, 0.25) is 5.02 Å². The first-order valence-corrected chi connectivity index (χ1v) is 9.25. The van der Waals surface area contributed by atoms with Gasteiger partial charge in [0.1, 0.15) is 23.9 Å². The number of hydrogen-bond acceptors (Lipinski definition) is 6. The second-order valence-corrected chi connectivity index (χ2v) is 6.89. The van der Waals surface area contributed by atoms with Gasteiger partial charge in [0.05, 0.1) is 31.5 Å². The molecule has 0 saturated carbocycles. The standard InChI is InChI=1S/C21H16ClFN4O3/c1-29-17-5-12(4-16(23)7-17)14-8-24-19(25-9-14)11-27-20-13(10-26-27)3-15(22)6-18(20)21(28)30-2/h3-10H,11H2,1-2H3. The number of aromatic nitrogens is 4. The lowest BCUT2D eigenvalue weighted by molar-refractivity contribution is 0.0602. The van der Waals surface area contributed by atoms with Crippen LogP contribution in [0, 0.1) is 5.82 Å². The van der Waals surface area contributed by atoms with Crippen molar-refractivity contribution in [2.75, 3.05) is 14.2 Å². The fraction of sp³-hybridized carbons (Fsp3) is 0.143. The van der Waals surface area contributed by atoms with Crippen molar-refractivity contribution in [2.24, 2.45) is 0 Å². The molecule has 4 aromatic rings. The molecule has 2 aromatic carbocycles. The number of carbonyl (C=O) groups is 1. The van der Waals surface area contributed by atoms with E-state index in [1.165, 1.54) is 32.4 Å². The Balaban J connectivity index is 1.67. The Bertz CT molecular complexity index is 1240. The van der Waals surface area contributed by atoms with E-state index in [2.05, 4.69) is 15.1 Å². The Kier molecular flexibility index (Phi) is 5.33.